The van der Waals surface area contributed by atoms with Gasteiger partial charge in [0.05, 0.1) is 18.2 Å². The van der Waals surface area contributed by atoms with E-state index in [9.17, 15) is 9.59 Å². The Morgan fingerprint density at radius 3 is 2.70 bits per heavy atom. The van der Waals surface area contributed by atoms with Crippen LogP contribution in [-0.2, 0) is 17.8 Å². The third kappa shape index (κ3) is 4.98. The first-order valence-corrected chi connectivity index (χ1v) is 10.4. The summed E-state index contributed by atoms with van der Waals surface area (Å²) in [6, 6.07) is 14.7. The Hall–Kier alpha value is -3.33. The molecule has 30 heavy (non-hydrogen) atoms. The second-order valence-corrected chi connectivity index (χ2v) is 7.95. The first-order valence-electron chi connectivity index (χ1n) is 10.4. The van der Waals surface area contributed by atoms with Gasteiger partial charge >= 0.3 is 0 Å². The lowest BCUT2D eigenvalue weighted by Gasteiger charge is -2.20. The van der Waals surface area contributed by atoms with E-state index in [1.54, 1.807) is 29.2 Å². The predicted octanol–water partition coefficient (Wildman–Crippen LogP) is 3.05. The van der Waals surface area contributed by atoms with Gasteiger partial charge in [-0.3, -0.25) is 9.59 Å². The highest BCUT2D eigenvalue weighted by Gasteiger charge is 2.22. The van der Waals surface area contributed by atoms with E-state index in [0.717, 1.165) is 23.4 Å². The van der Waals surface area contributed by atoms with E-state index in [0.29, 0.717) is 49.6 Å². The molecule has 154 valence electrons. The van der Waals surface area contributed by atoms with Crippen molar-refractivity contribution in [3.63, 3.8) is 0 Å². The predicted molar refractivity (Wildman–Crippen MR) is 112 cm³/mol. The molecule has 6 heteroatoms. The fourth-order valence-electron chi connectivity index (χ4n) is 3.57. The first-order chi connectivity index (χ1) is 14.6. The molecule has 0 unspecified atom stereocenters. The second kappa shape index (κ2) is 9.00. The number of hydrogen-bond donors (Lipinski definition) is 1. The minimum absolute atomic E-state index is 0.0826. The minimum Gasteiger partial charge on any atom is -0.491 e. The molecule has 1 saturated carbocycles. The number of nitrogens with one attached hydrogen (secondary N) is 1. The molecule has 0 bridgehead atoms. The lowest BCUT2D eigenvalue weighted by Crippen LogP contribution is -2.32. The van der Waals surface area contributed by atoms with E-state index in [4.69, 9.17) is 10.00 Å². The quantitative estimate of drug-likeness (QED) is 0.804. The van der Waals surface area contributed by atoms with Crippen LogP contribution < -0.4 is 10.1 Å². The molecule has 4 rings (SSSR count). The van der Waals surface area contributed by atoms with E-state index < -0.39 is 0 Å². The summed E-state index contributed by atoms with van der Waals surface area (Å²) in [7, 11) is 0. The van der Waals surface area contributed by atoms with Gasteiger partial charge in [0.15, 0.2) is 0 Å². The molecule has 1 N–H and O–H groups in total. The zero-order valence-corrected chi connectivity index (χ0v) is 16.9. The Labute approximate surface area is 176 Å². The fraction of sp³-hybridized carbons (Fsp3) is 0.375. The Morgan fingerprint density at radius 2 is 1.97 bits per heavy atom. The van der Waals surface area contributed by atoms with Gasteiger partial charge in [-0.1, -0.05) is 12.1 Å². The molecular weight excluding hydrogens is 378 g/mol. The molecule has 2 amide bonds. The Morgan fingerprint density at radius 1 is 1.17 bits per heavy atom. The number of carbonyl (C=O) groups is 2. The summed E-state index contributed by atoms with van der Waals surface area (Å²) >= 11 is 0. The number of hydrogen-bond acceptors (Lipinski definition) is 4. The highest BCUT2D eigenvalue weighted by molar-refractivity contribution is 5.94. The van der Waals surface area contributed by atoms with Crippen LogP contribution in [0.25, 0.3) is 0 Å². The molecule has 1 aliphatic heterocycles. The highest BCUT2D eigenvalue weighted by Crippen LogP contribution is 2.28. The number of fused-ring (bicyclic) bond motifs is 1. The van der Waals surface area contributed by atoms with Gasteiger partial charge in [-0.2, -0.15) is 5.26 Å². The van der Waals surface area contributed by atoms with E-state index in [-0.39, 0.29) is 11.8 Å². The number of nitriles is 1. The number of benzene rings is 2. The molecule has 6 nitrogen and oxygen atoms in total. The van der Waals surface area contributed by atoms with E-state index in [1.807, 2.05) is 18.2 Å². The van der Waals surface area contributed by atoms with E-state index in [1.165, 1.54) is 12.8 Å². The number of rotatable bonds is 6. The van der Waals surface area contributed by atoms with Crippen molar-refractivity contribution in [2.24, 2.45) is 5.92 Å². The largest absolute Gasteiger partial charge is 0.491 e. The maximum absolute atomic E-state index is 12.9. The molecule has 0 radical (unpaired) electrons. The molecule has 2 aromatic carbocycles. The van der Waals surface area contributed by atoms with Crippen LogP contribution in [0.4, 0.5) is 0 Å². The van der Waals surface area contributed by atoms with Crippen LogP contribution in [0.15, 0.2) is 42.5 Å². The molecule has 0 spiro atoms. The standard InChI is InChI=1S/C24H25N3O3/c25-14-18-3-7-20(8-4-18)24(29)27-11-12-30-22-9-5-17(13-21(22)16-27)6-10-23(28)26-15-19-1-2-19/h3-5,7-9,13,19H,1-2,6,10-12,15-16H2,(H,26,28). The summed E-state index contributed by atoms with van der Waals surface area (Å²) in [6.07, 6.45) is 3.57. The SMILES string of the molecule is N#Cc1ccc(C(=O)N2CCOc3ccc(CCC(=O)NCC4CC4)cc3C2)cc1. The molecule has 1 aliphatic carbocycles. The number of nitrogens with zero attached hydrogens (tertiary/aromatic N) is 2. The molecule has 2 aliphatic rings. The maximum atomic E-state index is 12.9. The third-order valence-corrected chi connectivity index (χ3v) is 5.58. The number of amides is 2. The van der Waals surface area contributed by atoms with Crippen LogP contribution in [-0.4, -0.2) is 36.4 Å². The van der Waals surface area contributed by atoms with Crippen molar-refractivity contribution in [3.8, 4) is 11.8 Å². The van der Waals surface area contributed by atoms with Gasteiger partial charge in [-0.05, 0) is 61.1 Å². The number of aryl methyl sites for hydroxylation is 1. The number of ether oxygens (including phenoxy) is 1. The first kappa shape index (κ1) is 20.0. The molecule has 1 fully saturated rings. The molecule has 0 aromatic heterocycles. The topological polar surface area (TPSA) is 82.4 Å². The number of carbonyl (C=O) groups excluding carboxylic acids is 2. The third-order valence-electron chi connectivity index (χ3n) is 5.58. The van der Waals surface area contributed by atoms with E-state index >= 15 is 0 Å². The normalized spacial score (nSPS) is 15.4. The van der Waals surface area contributed by atoms with Crippen molar-refractivity contribution in [1.82, 2.24) is 10.2 Å². The zero-order valence-electron chi connectivity index (χ0n) is 16.9. The minimum atomic E-state index is -0.0826. The monoisotopic (exact) mass is 403 g/mol. The lowest BCUT2D eigenvalue weighted by molar-refractivity contribution is -0.121. The molecular formula is C24H25N3O3. The summed E-state index contributed by atoms with van der Waals surface area (Å²) in [4.78, 5) is 26.7. The van der Waals surface area contributed by atoms with Gasteiger partial charge < -0.3 is 15.0 Å². The van der Waals surface area contributed by atoms with Crippen LogP contribution in [0.2, 0.25) is 0 Å². The van der Waals surface area contributed by atoms with Crippen LogP contribution in [0.1, 0.15) is 46.3 Å². The molecule has 2 aromatic rings. The fourth-order valence-corrected chi connectivity index (χ4v) is 3.57. The van der Waals surface area contributed by atoms with Gasteiger partial charge in [0.1, 0.15) is 12.4 Å². The van der Waals surface area contributed by atoms with Crippen molar-refractivity contribution >= 4 is 11.8 Å². The molecule has 0 atom stereocenters. The van der Waals surface area contributed by atoms with Gasteiger partial charge in [-0.15, -0.1) is 0 Å². The summed E-state index contributed by atoms with van der Waals surface area (Å²) in [5, 5.41) is 11.9. The van der Waals surface area contributed by atoms with Gasteiger partial charge in [0, 0.05) is 30.6 Å². The summed E-state index contributed by atoms with van der Waals surface area (Å²) < 4.78 is 5.84. The summed E-state index contributed by atoms with van der Waals surface area (Å²) in [5.41, 5.74) is 3.10. The maximum Gasteiger partial charge on any atom is 0.254 e. The van der Waals surface area contributed by atoms with Crippen LogP contribution in [0.3, 0.4) is 0 Å². The van der Waals surface area contributed by atoms with Crippen molar-refractivity contribution in [1.29, 1.82) is 5.26 Å². The summed E-state index contributed by atoms with van der Waals surface area (Å²) in [6.45, 7) is 2.17. The van der Waals surface area contributed by atoms with Crippen molar-refractivity contribution in [2.75, 3.05) is 19.7 Å². The van der Waals surface area contributed by atoms with Crippen molar-refractivity contribution < 1.29 is 14.3 Å². The molecule has 0 saturated heterocycles. The lowest BCUT2D eigenvalue weighted by atomic mass is 10.0. The van der Waals surface area contributed by atoms with Crippen LogP contribution in [0, 0.1) is 17.2 Å². The van der Waals surface area contributed by atoms with Gasteiger partial charge in [-0.25, -0.2) is 0 Å². The average molecular weight is 403 g/mol. The van der Waals surface area contributed by atoms with Crippen molar-refractivity contribution in [2.45, 2.75) is 32.2 Å². The second-order valence-electron chi connectivity index (χ2n) is 7.95. The van der Waals surface area contributed by atoms with Crippen LogP contribution >= 0.6 is 0 Å². The smallest absolute Gasteiger partial charge is 0.254 e. The Balaban J connectivity index is 1.40. The van der Waals surface area contributed by atoms with Crippen molar-refractivity contribution in [3.05, 3.63) is 64.7 Å². The molecule has 1 heterocycles. The zero-order chi connectivity index (χ0) is 20.9. The van der Waals surface area contributed by atoms with E-state index in [2.05, 4.69) is 11.4 Å². The summed E-state index contributed by atoms with van der Waals surface area (Å²) in [5.74, 6) is 1.47. The van der Waals surface area contributed by atoms with Gasteiger partial charge in [0.2, 0.25) is 5.91 Å². The Bertz CT molecular complexity index is 974. The Kier molecular flexibility index (Phi) is 5.99. The van der Waals surface area contributed by atoms with Gasteiger partial charge in [0.25, 0.3) is 5.91 Å². The van der Waals surface area contributed by atoms with Crippen LogP contribution in [0.5, 0.6) is 5.75 Å². The average Bonchev–Trinajstić information content (AvgIpc) is 3.62. The highest BCUT2D eigenvalue weighted by atomic mass is 16.5.